The molecule has 2 rings (SSSR count). The Morgan fingerprint density at radius 1 is 1.14 bits per heavy atom. The number of hydrogen-bond acceptors (Lipinski definition) is 7. The molecule has 0 saturated heterocycles. The van der Waals surface area contributed by atoms with Crippen LogP contribution in [0.25, 0.3) is 0 Å². The van der Waals surface area contributed by atoms with Crippen LogP contribution in [-0.4, -0.2) is 64.6 Å². The summed E-state index contributed by atoms with van der Waals surface area (Å²) in [5.74, 6) is 6.16. The number of amides is 1. The average Bonchev–Trinajstić information content (AvgIpc) is 2.89. The van der Waals surface area contributed by atoms with E-state index >= 15 is 0 Å². The molecule has 0 heterocycles. The van der Waals surface area contributed by atoms with Gasteiger partial charge in [-0.25, -0.2) is 4.99 Å². The minimum atomic E-state index is -1.64. The molecular weight excluding hydrogens is 573 g/mol. The van der Waals surface area contributed by atoms with E-state index in [1.54, 1.807) is 30.3 Å². The summed E-state index contributed by atoms with van der Waals surface area (Å²) in [5.41, 5.74) is 8.58. The Hall–Kier alpha value is -3.37. The van der Waals surface area contributed by atoms with Gasteiger partial charge >= 0.3 is 139 Å². The zero-order valence-corrected chi connectivity index (χ0v) is 21.9. The average molecular weight is 602 g/mol. The van der Waals surface area contributed by atoms with Crippen molar-refractivity contribution < 1.29 is 39.4 Å². The first-order valence-corrected chi connectivity index (χ1v) is 13.0. The first kappa shape index (κ1) is 28.9. The number of aliphatic imine (C=N–C) groups is 2. The SMILES string of the molecule is C=CCOCCNCC(N)=Nc1ccc(C#Cc2ccc(C(=O)N[C@@H](CN=C)C(=O)[I-]O)cc2)cc1. The zero-order chi connectivity index (χ0) is 26.2. The Balaban J connectivity index is 1.91. The van der Waals surface area contributed by atoms with Crippen molar-refractivity contribution in [2.24, 2.45) is 15.7 Å². The van der Waals surface area contributed by atoms with Crippen molar-refractivity contribution in [3.05, 3.63) is 77.9 Å². The van der Waals surface area contributed by atoms with Crippen LogP contribution in [0.2, 0.25) is 0 Å². The van der Waals surface area contributed by atoms with Crippen LogP contribution in [0.5, 0.6) is 0 Å². The van der Waals surface area contributed by atoms with Gasteiger partial charge in [-0.1, -0.05) is 6.08 Å². The van der Waals surface area contributed by atoms with Crippen LogP contribution in [0.4, 0.5) is 5.69 Å². The number of nitrogens with two attached hydrogens (primary N) is 1. The molecule has 0 aliphatic rings. The summed E-state index contributed by atoms with van der Waals surface area (Å²) in [7, 11) is 0. The molecular formula is C26H29IN5O4-. The zero-order valence-electron chi connectivity index (χ0n) is 19.7. The number of carbonyl (C=O) groups is 2. The van der Waals surface area contributed by atoms with E-state index < -0.39 is 37.4 Å². The summed E-state index contributed by atoms with van der Waals surface area (Å²) >= 11 is -1.64. The molecule has 0 spiro atoms. The van der Waals surface area contributed by atoms with Gasteiger partial charge in [0.25, 0.3) is 0 Å². The summed E-state index contributed by atoms with van der Waals surface area (Å²) in [5, 5.41) is 5.73. The van der Waals surface area contributed by atoms with E-state index in [0.29, 0.717) is 37.7 Å². The molecule has 0 aromatic heterocycles. The van der Waals surface area contributed by atoms with Gasteiger partial charge in [-0.2, -0.15) is 0 Å². The van der Waals surface area contributed by atoms with Crippen molar-refractivity contribution in [2.75, 3.05) is 32.8 Å². The van der Waals surface area contributed by atoms with E-state index in [4.69, 9.17) is 13.9 Å². The molecule has 1 amide bonds. The van der Waals surface area contributed by atoms with Crippen LogP contribution in [0, 0.1) is 11.8 Å². The van der Waals surface area contributed by atoms with Crippen molar-refractivity contribution >= 4 is 27.9 Å². The van der Waals surface area contributed by atoms with Crippen LogP contribution >= 0.6 is 0 Å². The summed E-state index contributed by atoms with van der Waals surface area (Å²) in [6.07, 6.45) is 1.70. The number of hydrogen-bond donors (Lipinski definition) is 4. The molecule has 0 saturated carbocycles. The molecule has 0 unspecified atom stereocenters. The maximum atomic E-state index is 12.4. The Kier molecular flexibility index (Phi) is 13.1. The number of amidine groups is 1. The number of halogens is 1. The van der Waals surface area contributed by atoms with Gasteiger partial charge in [-0.3, -0.25) is 0 Å². The summed E-state index contributed by atoms with van der Waals surface area (Å²) < 4.78 is 14.0. The van der Waals surface area contributed by atoms with Crippen LogP contribution < -0.4 is 38.0 Å². The van der Waals surface area contributed by atoms with Crippen molar-refractivity contribution in [3.63, 3.8) is 0 Å². The van der Waals surface area contributed by atoms with Gasteiger partial charge in [0.2, 0.25) is 0 Å². The molecule has 0 radical (unpaired) electrons. The summed E-state index contributed by atoms with van der Waals surface area (Å²) in [6.45, 7) is 9.17. The van der Waals surface area contributed by atoms with E-state index in [9.17, 15) is 9.59 Å². The van der Waals surface area contributed by atoms with Gasteiger partial charge < -0.3 is 15.8 Å². The van der Waals surface area contributed by atoms with Crippen molar-refractivity contribution in [3.8, 4) is 11.8 Å². The van der Waals surface area contributed by atoms with Crippen LogP contribution in [0.1, 0.15) is 21.5 Å². The molecule has 0 fully saturated rings. The van der Waals surface area contributed by atoms with Crippen LogP contribution in [0.15, 0.2) is 71.2 Å². The minimum absolute atomic E-state index is 0.0217. The monoisotopic (exact) mass is 602 g/mol. The number of nitrogens with zero attached hydrogens (tertiary/aromatic N) is 2. The molecule has 0 aliphatic heterocycles. The fraction of sp³-hybridized carbons (Fsp3) is 0.231. The predicted octanol–water partition coefficient (Wildman–Crippen LogP) is -1.81. The third kappa shape index (κ3) is 10.5. The van der Waals surface area contributed by atoms with Gasteiger partial charge in [0.1, 0.15) is 5.84 Å². The fourth-order valence-corrected chi connectivity index (χ4v) is 3.49. The normalized spacial score (nSPS) is 11.8. The number of benzene rings is 2. The molecule has 1 atom stereocenters. The Morgan fingerprint density at radius 2 is 1.78 bits per heavy atom. The molecule has 5 N–H and O–H groups in total. The second kappa shape index (κ2) is 16.3. The molecule has 2 aromatic rings. The standard InChI is InChI=1S/C26H29IN5O4/c1-3-15-36-16-14-30-18-24(28)31-22-12-8-20(9-13-22)5-4-19-6-10-21(11-7-19)26(34)32-23(17-29-2)25(33)27-35/h3,6-13,23,30,35H,1-2,14-18H2,(H2,28,31)(H,32,34)/q-1/t23-/m0/s1. The molecule has 36 heavy (non-hydrogen) atoms. The predicted molar refractivity (Wildman–Crippen MR) is 137 cm³/mol. The molecule has 2 aromatic carbocycles. The number of rotatable bonds is 14. The van der Waals surface area contributed by atoms with Gasteiger partial charge in [-0.15, -0.1) is 6.58 Å². The molecule has 9 nitrogen and oxygen atoms in total. The van der Waals surface area contributed by atoms with E-state index in [0.717, 1.165) is 16.8 Å². The third-order valence-corrected chi connectivity index (χ3v) is 5.80. The van der Waals surface area contributed by atoms with Crippen molar-refractivity contribution in [2.45, 2.75) is 6.04 Å². The molecule has 0 bridgehead atoms. The van der Waals surface area contributed by atoms with E-state index in [2.05, 4.69) is 45.8 Å². The minimum Gasteiger partial charge on any atom is -0.0351 e. The number of carbonyl (C=O) groups excluding carboxylic acids is 2. The number of ether oxygens (including phenoxy) is 1. The molecule has 10 heteroatoms. The topological polar surface area (TPSA) is 138 Å². The number of nitrogens with one attached hydrogen (secondary N) is 2. The van der Waals surface area contributed by atoms with Crippen molar-refractivity contribution in [1.29, 1.82) is 0 Å². The van der Waals surface area contributed by atoms with Gasteiger partial charge in [0, 0.05) is 6.54 Å². The molecule has 190 valence electrons. The second-order valence-electron chi connectivity index (χ2n) is 7.34. The second-order valence-corrected chi connectivity index (χ2v) is 8.88. The van der Waals surface area contributed by atoms with E-state index in [1.165, 1.54) is 0 Å². The third-order valence-electron chi connectivity index (χ3n) is 4.58. The van der Waals surface area contributed by atoms with Crippen molar-refractivity contribution in [1.82, 2.24) is 10.6 Å². The molecule has 0 aliphatic carbocycles. The van der Waals surface area contributed by atoms with Gasteiger partial charge in [0.05, 0.1) is 25.4 Å². The van der Waals surface area contributed by atoms with Crippen LogP contribution in [0.3, 0.4) is 0 Å². The Morgan fingerprint density at radius 3 is 2.36 bits per heavy atom. The van der Waals surface area contributed by atoms with Crippen LogP contribution in [-0.2, 0) is 9.53 Å². The van der Waals surface area contributed by atoms with E-state index in [1.807, 2.05) is 24.3 Å². The summed E-state index contributed by atoms with van der Waals surface area (Å²) in [6, 6.07) is 13.2. The Bertz CT molecular complexity index is 1120. The quantitative estimate of drug-likeness (QED) is 0.0383. The first-order chi connectivity index (χ1) is 17.5. The maximum absolute atomic E-state index is 12.4. The summed E-state index contributed by atoms with van der Waals surface area (Å²) in [4.78, 5) is 32.2. The van der Waals surface area contributed by atoms with Gasteiger partial charge in [0.15, 0.2) is 0 Å². The van der Waals surface area contributed by atoms with E-state index in [-0.39, 0.29) is 6.54 Å². The fourth-order valence-electron chi connectivity index (χ4n) is 2.81. The Labute approximate surface area is 221 Å². The van der Waals surface area contributed by atoms with Gasteiger partial charge in [-0.05, 0) is 12.1 Å². The smallest absolute Gasteiger partial charge is 0.0351 e. The first-order valence-electron chi connectivity index (χ1n) is 11.0.